The van der Waals surface area contributed by atoms with Crippen LogP contribution in [0.5, 0.6) is 0 Å². The van der Waals surface area contributed by atoms with Crippen molar-refractivity contribution in [1.29, 1.82) is 0 Å². The minimum absolute atomic E-state index is 0.658. The first kappa shape index (κ1) is 17.7. The summed E-state index contributed by atoms with van der Waals surface area (Å²) in [5.41, 5.74) is 1.07. The van der Waals surface area contributed by atoms with E-state index in [-0.39, 0.29) is 0 Å². The minimum atomic E-state index is 0.658. The molecule has 1 heterocycles. The van der Waals surface area contributed by atoms with Crippen LogP contribution in [0.4, 0.5) is 11.6 Å². The van der Waals surface area contributed by atoms with Gasteiger partial charge in [0.2, 0.25) is 0 Å². The smallest absolute Gasteiger partial charge is 0.137 e. The molecule has 120 valence electrons. The lowest BCUT2D eigenvalue weighted by atomic mass is 10.2. The molecule has 21 heavy (non-hydrogen) atoms. The van der Waals surface area contributed by atoms with E-state index in [0.717, 1.165) is 49.1 Å². The standard InChI is InChI=1S/C15H28N4O2/c1-6-13-17-14(16-7-2)12(3)15(18-13)19(8-10-20-4)9-11-21-5/h6-11H2,1-5H3,(H,16,17,18). The van der Waals surface area contributed by atoms with E-state index in [1.807, 2.05) is 0 Å². The molecule has 1 rings (SSSR count). The minimum Gasteiger partial charge on any atom is -0.383 e. The van der Waals surface area contributed by atoms with Gasteiger partial charge in [0.1, 0.15) is 17.5 Å². The van der Waals surface area contributed by atoms with Crippen LogP contribution in [0.2, 0.25) is 0 Å². The van der Waals surface area contributed by atoms with E-state index in [1.54, 1.807) is 14.2 Å². The molecule has 0 atom stereocenters. The molecule has 6 nitrogen and oxygen atoms in total. The molecular weight excluding hydrogens is 268 g/mol. The van der Waals surface area contributed by atoms with E-state index in [1.165, 1.54) is 0 Å². The highest BCUT2D eigenvalue weighted by Gasteiger charge is 2.16. The van der Waals surface area contributed by atoms with Crippen LogP contribution in [0, 0.1) is 6.92 Å². The monoisotopic (exact) mass is 296 g/mol. The Balaban J connectivity index is 3.10. The van der Waals surface area contributed by atoms with Gasteiger partial charge in [0.25, 0.3) is 0 Å². The predicted molar refractivity (Wildman–Crippen MR) is 86.3 cm³/mol. The number of ether oxygens (including phenoxy) is 2. The number of hydrogen-bond donors (Lipinski definition) is 1. The lowest BCUT2D eigenvalue weighted by Crippen LogP contribution is -2.32. The van der Waals surface area contributed by atoms with Crippen molar-refractivity contribution in [2.24, 2.45) is 0 Å². The topological polar surface area (TPSA) is 59.5 Å². The summed E-state index contributed by atoms with van der Waals surface area (Å²) in [6.07, 6.45) is 0.814. The van der Waals surface area contributed by atoms with Crippen LogP contribution >= 0.6 is 0 Å². The molecule has 0 unspecified atom stereocenters. The van der Waals surface area contributed by atoms with Crippen molar-refractivity contribution in [1.82, 2.24) is 9.97 Å². The Morgan fingerprint density at radius 1 is 1.05 bits per heavy atom. The van der Waals surface area contributed by atoms with Crippen molar-refractivity contribution in [3.63, 3.8) is 0 Å². The lowest BCUT2D eigenvalue weighted by Gasteiger charge is -2.26. The zero-order chi connectivity index (χ0) is 15.7. The molecule has 0 aliphatic rings. The van der Waals surface area contributed by atoms with Gasteiger partial charge in [-0.05, 0) is 13.8 Å². The maximum atomic E-state index is 5.21. The summed E-state index contributed by atoms with van der Waals surface area (Å²) in [5, 5.41) is 3.32. The molecule has 0 saturated heterocycles. The molecule has 1 N–H and O–H groups in total. The third kappa shape index (κ3) is 5.13. The van der Waals surface area contributed by atoms with Gasteiger partial charge < -0.3 is 19.7 Å². The van der Waals surface area contributed by atoms with Crippen LogP contribution in [0.1, 0.15) is 25.2 Å². The van der Waals surface area contributed by atoms with E-state index in [0.29, 0.717) is 13.2 Å². The van der Waals surface area contributed by atoms with Gasteiger partial charge in [-0.25, -0.2) is 9.97 Å². The number of nitrogens with zero attached hydrogens (tertiary/aromatic N) is 3. The second-order valence-corrected chi connectivity index (χ2v) is 4.79. The highest BCUT2D eigenvalue weighted by molar-refractivity contribution is 5.58. The Labute approximate surface area is 127 Å². The van der Waals surface area contributed by atoms with Crippen LogP contribution in [0.3, 0.4) is 0 Å². The fourth-order valence-corrected chi connectivity index (χ4v) is 2.08. The zero-order valence-electron chi connectivity index (χ0n) is 13.9. The number of rotatable bonds is 10. The second kappa shape index (κ2) is 9.52. The maximum Gasteiger partial charge on any atom is 0.137 e. The van der Waals surface area contributed by atoms with Gasteiger partial charge in [0, 0.05) is 45.8 Å². The van der Waals surface area contributed by atoms with Gasteiger partial charge in [-0.1, -0.05) is 6.92 Å². The average molecular weight is 296 g/mol. The highest BCUT2D eigenvalue weighted by atomic mass is 16.5. The summed E-state index contributed by atoms with van der Waals surface area (Å²) >= 11 is 0. The van der Waals surface area contributed by atoms with Crippen molar-refractivity contribution in [3.8, 4) is 0 Å². The van der Waals surface area contributed by atoms with Crippen LogP contribution in [0.25, 0.3) is 0 Å². The summed E-state index contributed by atoms with van der Waals surface area (Å²) in [6.45, 7) is 9.92. The summed E-state index contributed by atoms with van der Waals surface area (Å²) in [7, 11) is 3.42. The van der Waals surface area contributed by atoms with Crippen molar-refractivity contribution < 1.29 is 9.47 Å². The number of aromatic nitrogens is 2. The predicted octanol–water partition coefficient (Wildman–Crippen LogP) is 1.88. The molecule has 0 bridgehead atoms. The zero-order valence-corrected chi connectivity index (χ0v) is 13.9. The molecular formula is C15H28N4O2. The lowest BCUT2D eigenvalue weighted by molar-refractivity contribution is 0.190. The van der Waals surface area contributed by atoms with E-state index in [4.69, 9.17) is 14.5 Å². The van der Waals surface area contributed by atoms with E-state index in [2.05, 4.69) is 36.0 Å². The van der Waals surface area contributed by atoms with Gasteiger partial charge >= 0.3 is 0 Å². The van der Waals surface area contributed by atoms with Gasteiger partial charge in [-0.3, -0.25) is 0 Å². The maximum absolute atomic E-state index is 5.21. The Morgan fingerprint density at radius 2 is 1.67 bits per heavy atom. The molecule has 0 fully saturated rings. The van der Waals surface area contributed by atoms with Crippen molar-refractivity contribution in [3.05, 3.63) is 11.4 Å². The normalized spacial score (nSPS) is 10.7. The van der Waals surface area contributed by atoms with Gasteiger partial charge in [0.15, 0.2) is 0 Å². The Morgan fingerprint density at radius 3 is 2.14 bits per heavy atom. The summed E-state index contributed by atoms with van der Waals surface area (Å²) in [4.78, 5) is 11.5. The number of anilines is 2. The summed E-state index contributed by atoms with van der Waals surface area (Å²) in [5.74, 6) is 2.73. The molecule has 0 spiro atoms. The molecule has 0 aliphatic heterocycles. The molecule has 0 saturated carbocycles. The van der Waals surface area contributed by atoms with Crippen LogP contribution in [-0.4, -0.2) is 57.0 Å². The van der Waals surface area contributed by atoms with Gasteiger partial charge in [-0.15, -0.1) is 0 Å². The molecule has 0 amide bonds. The van der Waals surface area contributed by atoms with Crippen LogP contribution < -0.4 is 10.2 Å². The molecule has 0 aromatic carbocycles. The van der Waals surface area contributed by atoms with E-state index in [9.17, 15) is 0 Å². The Kier molecular flexibility index (Phi) is 8.00. The van der Waals surface area contributed by atoms with Crippen molar-refractivity contribution in [2.75, 3.05) is 57.3 Å². The molecule has 1 aromatic heterocycles. The summed E-state index contributed by atoms with van der Waals surface area (Å²) in [6, 6.07) is 0. The largest absolute Gasteiger partial charge is 0.383 e. The highest BCUT2D eigenvalue weighted by Crippen LogP contribution is 2.23. The Bertz CT molecular complexity index is 418. The summed E-state index contributed by atoms with van der Waals surface area (Å²) < 4.78 is 10.4. The number of methoxy groups -OCH3 is 2. The van der Waals surface area contributed by atoms with Crippen molar-refractivity contribution in [2.45, 2.75) is 27.2 Å². The van der Waals surface area contributed by atoms with E-state index >= 15 is 0 Å². The second-order valence-electron chi connectivity index (χ2n) is 4.79. The third-order valence-corrected chi connectivity index (χ3v) is 3.26. The van der Waals surface area contributed by atoms with Gasteiger partial charge in [-0.2, -0.15) is 0 Å². The van der Waals surface area contributed by atoms with Crippen molar-refractivity contribution >= 4 is 11.6 Å². The number of nitrogens with one attached hydrogen (secondary N) is 1. The first-order chi connectivity index (χ1) is 10.2. The quantitative estimate of drug-likeness (QED) is 0.711. The van der Waals surface area contributed by atoms with E-state index < -0.39 is 0 Å². The Hall–Kier alpha value is -1.40. The van der Waals surface area contributed by atoms with Crippen LogP contribution in [0.15, 0.2) is 0 Å². The van der Waals surface area contributed by atoms with Gasteiger partial charge in [0.05, 0.1) is 13.2 Å². The molecule has 0 radical (unpaired) electrons. The third-order valence-electron chi connectivity index (χ3n) is 3.26. The molecule has 6 heteroatoms. The number of aryl methyl sites for hydroxylation is 1. The first-order valence-corrected chi connectivity index (χ1v) is 7.52. The SMILES string of the molecule is CCNc1nc(CC)nc(N(CCOC)CCOC)c1C. The molecule has 0 aliphatic carbocycles. The average Bonchev–Trinajstić information content (AvgIpc) is 2.50. The fourth-order valence-electron chi connectivity index (χ4n) is 2.08. The molecule has 1 aromatic rings. The van der Waals surface area contributed by atoms with Crippen LogP contribution in [-0.2, 0) is 15.9 Å². The number of hydrogen-bond acceptors (Lipinski definition) is 6. The fraction of sp³-hybridized carbons (Fsp3) is 0.733. The first-order valence-electron chi connectivity index (χ1n) is 7.52.